The minimum absolute atomic E-state index is 0.000955. The summed E-state index contributed by atoms with van der Waals surface area (Å²) in [6.07, 6.45) is 1.15. The molecule has 0 aromatic carbocycles. The fraction of sp³-hybridized carbons (Fsp3) is 0.842. The van der Waals surface area contributed by atoms with Gasteiger partial charge in [0.05, 0.1) is 13.2 Å². The van der Waals surface area contributed by atoms with Gasteiger partial charge in [-0.2, -0.15) is 0 Å². The highest BCUT2D eigenvalue weighted by molar-refractivity contribution is 6.74. The normalized spacial score (nSPS) is 33.8. The van der Waals surface area contributed by atoms with E-state index in [2.05, 4.69) is 33.9 Å². The van der Waals surface area contributed by atoms with E-state index in [4.69, 9.17) is 9.16 Å². The quantitative estimate of drug-likeness (QED) is 0.433. The lowest BCUT2D eigenvalue weighted by atomic mass is 9.53. The molecule has 0 amide bonds. The van der Waals surface area contributed by atoms with Crippen molar-refractivity contribution in [2.24, 2.45) is 17.3 Å². The lowest BCUT2D eigenvalue weighted by Gasteiger charge is -2.52. The molecule has 2 aliphatic rings. The fourth-order valence-corrected chi connectivity index (χ4v) is 5.58. The van der Waals surface area contributed by atoms with Crippen molar-refractivity contribution in [3.63, 3.8) is 0 Å². The van der Waals surface area contributed by atoms with Crippen LogP contribution in [0.1, 0.15) is 53.4 Å². The van der Waals surface area contributed by atoms with Gasteiger partial charge in [-0.3, -0.25) is 14.4 Å². The van der Waals surface area contributed by atoms with E-state index in [9.17, 15) is 14.4 Å². The van der Waals surface area contributed by atoms with Gasteiger partial charge in [0, 0.05) is 18.8 Å². The highest BCUT2D eigenvalue weighted by Gasteiger charge is 2.66. The number of esters is 1. The van der Waals surface area contributed by atoms with Crippen LogP contribution >= 0.6 is 0 Å². The first-order chi connectivity index (χ1) is 11.4. The second-order valence-electron chi connectivity index (χ2n) is 9.15. The number of carbonyl (C=O) groups is 3. The van der Waals surface area contributed by atoms with Gasteiger partial charge in [-0.1, -0.05) is 27.7 Å². The molecule has 0 aromatic rings. The van der Waals surface area contributed by atoms with Crippen LogP contribution in [0.5, 0.6) is 0 Å². The molecule has 0 saturated heterocycles. The Labute approximate surface area is 152 Å². The summed E-state index contributed by atoms with van der Waals surface area (Å²) in [5.74, 6) is -1.41. The summed E-state index contributed by atoms with van der Waals surface area (Å²) in [5.41, 5.74) is -1.46. The molecule has 0 bridgehead atoms. The number of hydrogen-bond donors (Lipinski definition) is 0. The number of rotatable bonds is 3. The molecule has 6 heteroatoms. The summed E-state index contributed by atoms with van der Waals surface area (Å²) >= 11 is 0. The van der Waals surface area contributed by atoms with Crippen LogP contribution in [0.4, 0.5) is 0 Å². The first-order valence-corrected chi connectivity index (χ1v) is 12.1. The number of methoxy groups -OCH3 is 1. The van der Waals surface area contributed by atoms with Crippen molar-refractivity contribution >= 4 is 25.9 Å². The number of ether oxygens (including phenoxy) is 1. The molecule has 25 heavy (non-hydrogen) atoms. The second-order valence-corrected chi connectivity index (χ2v) is 13.9. The van der Waals surface area contributed by atoms with Gasteiger partial charge in [-0.25, -0.2) is 0 Å². The van der Waals surface area contributed by atoms with Gasteiger partial charge in [-0.05, 0) is 36.9 Å². The molecule has 0 spiro atoms. The van der Waals surface area contributed by atoms with E-state index in [1.807, 2.05) is 6.92 Å². The van der Waals surface area contributed by atoms with Crippen molar-refractivity contribution in [1.82, 2.24) is 0 Å². The van der Waals surface area contributed by atoms with E-state index >= 15 is 0 Å². The zero-order chi connectivity index (χ0) is 19.2. The molecule has 0 aliphatic heterocycles. The number of carbonyl (C=O) groups excluding carboxylic acids is 3. The van der Waals surface area contributed by atoms with Crippen LogP contribution in [-0.2, 0) is 23.5 Å². The molecule has 142 valence electrons. The van der Waals surface area contributed by atoms with E-state index in [1.165, 1.54) is 7.11 Å². The third kappa shape index (κ3) is 3.12. The summed E-state index contributed by atoms with van der Waals surface area (Å²) in [6, 6.07) is 0. The predicted octanol–water partition coefficient (Wildman–Crippen LogP) is 3.51. The van der Waals surface area contributed by atoms with E-state index in [0.29, 0.717) is 6.42 Å². The first-order valence-electron chi connectivity index (χ1n) is 9.21. The summed E-state index contributed by atoms with van der Waals surface area (Å²) in [5, 5.41) is -0.0510. The molecule has 4 atom stereocenters. The van der Waals surface area contributed by atoms with Gasteiger partial charge in [0.2, 0.25) is 0 Å². The lowest BCUT2D eigenvalue weighted by molar-refractivity contribution is -0.184. The van der Waals surface area contributed by atoms with Crippen LogP contribution in [0, 0.1) is 17.3 Å². The second kappa shape index (κ2) is 6.61. The van der Waals surface area contributed by atoms with Crippen LogP contribution in [0.25, 0.3) is 0 Å². The minimum Gasteiger partial charge on any atom is -0.468 e. The molecule has 0 aromatic heterocycles. The highest BCUT2D eigenvalue weighted by Crippen LogP contribution is 2.53. The number of Topliss-reactive ketones (excluding diaryl/α,β-unsaturated/α-hetero) is 2. The van der Waals surface area contributed by atoms with Crippen molar-refractivity contribution in [2.45, 2.75) is 77.6 Å². The van der Waals surface area contributed by atoms with Crippen molar-refractivity contribution in [1.29, 1.82) is 0 Å². The average Bonchev–Trinajstić information content (AvgIpc) is 2.50. The van der Waals surface area contributed by atoms with Gasteiger partial charge in [0.25, 0.3) is 0 Å². The minimum atomic E-state index is -2.22. The average molecular weight is 369 g/mol. The van der Waals surface area contributed by atoms with Gasteiger partial charge < -0.3 is 9.16 Å². The van der Waals surface area contributed by atoms with Gasteiger partial charge in [-0.15, -0.1) is 0 Å². The van der Waals surface area contributed by atoms with Crippen LogP contribution in [0.15, 0.2) is 0 Å². The van der Waals surface area contributed by atoms with Crippen LogP contribution in [0.2, 0.25) is 18.1 Å². The molecular weight excluding hydrogens is 336 g/mol. The van der Waals surface area contributed by atoms with Gasteiger partial charge >= 0.3 is 5.97 Å². The Morgan fingerprint density at radius 3 is 2.28 bits per heavy atom. The van der Waals surface area contributed by atoms with Crippen molar-refractivity contribution < 1.29 is 23.5 Å². The van der Waals surface area contributed by atoms with Crippen molar-refractivity contribution in [3.05, 3.63) is 0 Å². The lowest BCUT2D eigenvalue weighted by Crippen LogP contribution is -2.65. The zero-order valence-corrected chi connectivity index (χ0v) is 17.6. The third-order valence-corrected chi connectivity index (χ3v) is 11.1. The van der Waals surface area contributed by atoms with Gasteiger partial charge in [0.15, 0.2) is 19.5 Å². The molecule has 2 aliphatic carbocycles. The van der Waals surface area contributed by atoms with E-state index in [1.54, 1.807) is 0 Å². The Hall–Kier alpha value is -1.01. The summed E-state index contributed by atoms with van der Waals surface area (Å²) in [7, 11) is -0.924. The Morgan fingerprint density at radius 1 is 1.16 bits per heavy atom. The number of hydrogen-bond acceptors (Lipinski definition) is 5. The maximum atomic E-state index is 13.1. The molecule has 2 saturated carbocycles. The monoisotopic (exact) mass is 368 g/mol. The summed E-state index contributed by atoms with van der Waals surface area (Å²) in [6.45, 7) is 12.6. The smallest absolute Gasteiger partial charge is 0.322 e. The Morgan fingerprint density at radius 2 is 1.76 bits per heavy atom. The number of ketones is 2. The van der Waals surface area contributed by atoms with Crippen LogP contribution in [-0.4, -0.2) is 39.1 Å². The van der Waals surface area contributed by atoms with E-state index < -0.39 is 31.7 Å². The molecular formula is C19H32O5Si. The largest absolute Gasteiger partial charge is 0.468 e. The predicted molar refractivity (Wildman–Crippen MR) is 97.7 cm³/mol. The molecule has 0 unspecified atom stereocenters. The van der Waals surface area contributed by atoms with Crippen LogP contribution < -0.4 is 0 Å². The highest BCUT2D eigenvalue weighted by atomic mass is 28.4. The standard InChI is InChI=1S/C19H32O5Si/c1-12-8-11-15(24-25(6,7)18(2,3)4)19(17(22)23-5)14(21)10-9-13(20)16(12)19/h12,15-16H,8-11H2,1-7H3/t12-,15+,16-,19+/m0/s1. The van der Waals surface area contributed by atoms with Crippen LogP contribution in [0.3, 0.4) is 0 Å². The zero-order valence-electron chi connectivity index (χ0n) is 16.6. The fourth-order valence-electron chi connectivity index (χ4n) is 4.21. The first kappa shape index (κ1) is 20.3. The topological polar surface area (TPSA) is 69.7 Å². The van der Waals surface area contributed by atoms with Crippen molar-refractivity contribution in [3.8, 4) is 0 Å². The molecule has 0 heterocycles. The van der Waals surface area contributed by atoms with E-state index in [-0.39, 0.29) is 35.4 Å². The maximum Gasteiger partial charge on any atom is 0.322 e. The molecule has 5 nitrogen and oxygen atoms in total. The number of fused-ring (bicyclic) bond motifs is 1. The Kier molecular flexibility index (Phi) is 5.37. The molecule has 2 fully saturated rings. The third-order valence-electron chi connectivity index (χ3n) is 6.62. The van der Waals surface area contributed by atoms with E-state index in [0.717, 1.165) is 6.42 Å². The molecule has 0 radical (unpaired) electrons. The molecule has 0 N–H and O–H groups in total. The maximum absolute atomic E-state index is 13.1. The molecule has 2 rings (SSSR count). The summed E-state index contributed by atoms with van der Waals surface area (Å²) in [4.78, 5) is 38.7. The Bertz CT molecular complexity index is 567. The Balaban J connectivity index is 2.56. The SMILES string of the molecule is COC(=O)[C@@]12C(=O)CCC(=O)[C@@H]1[C@@H](C)CC[C@H]2O[Si](C)(C)C(C)(C)C. The summed E-state index contributed by atoms with van der Waals surface area (Å²) < 4.78 is 11.6. The van der Waals surface area contributed by atoms with Crippen molar-refractivity contribution in [2.75, 3.05) is 7.11 Å². The van der Waals surface area contributed by atoms with Gasteiger partial charge in [0.1, 0.15) is 5.78 Å².